The Kier molecular flexibility index (Phi) is 12.5. The van der Waals surface area contributed by atoms with Gasteiger partial charge in [0.25, 0.3) is 0 Å². The molecule has 0 spiro atoms. The van der Waals surface area contributed by atoms with E-state index in [1.54, 1.807) is 0 Å². The van der Waals surface area contributed by atoms with E-state index in [4.69, 9.17) is 5.73 Å². The normalized spacial score (nSPS) is 13.6. The van der Waals surface area contributed by atoms with Crippen LogP contribution in [0.3, 0.4) is 0 Å². The molecule has 0 aliphatic carbocycles. The number of quaternary nitrogens is 1. The van der Waals surface area contributed by atoms with Gasteiger partial charge in [-0.2, -0.15) is 0 Å². The molecule has 0 aromatic heterocycles. The number of nitrogens with zero attached hydrogens (tertiary/aromatic N) is 2. The van der Waals surface area contributed by atoms with Crippen molar-refractivity contribution in [1.82, 2.24) is 10.6 Å². The summed E-state index contributed by atoms with van der Waals surface area (Å²) in [5.41, 5.74) is 7.40. The molecule has 2 atom stereocenters. The number of nitrogen functional groups attached to an aromatic ring is 1. The Bertz CT molecular complexity index is 753. The van der Waals surface area contributed by atoms with Gasteiger partial charge in [-0.25, -0.2) is 0 Å². The zero-order valence-electron chi connectivity index (χ0n) is 21.2. The summed E-state index contributed by atoms with van der Waals surface area (Å²) in [5.74, 6) is -0.102. The number of amides is 3. The molecule has 0 heterocycles. The van der Waals surface area contributed by atoms with E-state index in [9.17, 15) is 14.4 Å². The fourth-order valence-electron chi connectivity index (χ4n) is 4.16. The Morgan fingerprint density at radius 3 is 2.12 bits per heavy atom. The average molecular weight is 463 g/mol. The number of carbonyl (C=O) groups is 3. The van der Waals surface area contributed by atoms with Gasteiger partial charge in [-0.3, -0.25) is 14.4 Å². The van der Waals surface area contributed by atoms with Crippen LogP contribution in [0.2, 0.25) is 0 Å². The maximum Gasteiger partial charge on any atom is 0.235 e. The monoisotopic (exact) mass is 462 g/mol. The number of carbonyl (C=O) groups excluding carboxylic acids is 3. The third kappa shape index (κ3) is 10.7. The Morgan fingerprint density at radius 1 is 0.970 bits per heavy atom. The molecule has 1 aromatic carbocycles. The third-order valence-electron chi connectivity index (χ3n) is 5.84. The topological polar surface area (TPSA) is 105 Å². The number of nitrogens with two attached hydrogens (primary N) is 1. The predicted octanol–water partition coefficient (Wildman–Crippen LogP) is 2.54. The van der Waals surface area contributed by atoms with Crippen LogP contribution in [0.1, 0.15) is 53.4 Å². The minimum Gasteiger partial charge on any atom is -0.399 e. The molecule has 0 saturated heterocycles. The molecule has 33 heavy (non-hydrogen) atoms. The summed E-state index contributed by atoms with van der Waals surface area (Å²) < 4.78 is 0.651. The van der Waals surface area contributed by atoms with Gasteiger partial charge in [0.1, 0.15) is 0 Å². The van der Waals surface area contributed by atoms with Gasteiger partial charge in [0, 0.05) is 44.7 Å². The molecular formula is C25H44N5O3+. The van der Waals surface area contributed by atoms with E-state index in [0.717, 1.165) is 44.5 Å². The van der Waals surface area contributed by atoms with Crippen LogP contribution in [0.25, 0.3) is 0 Å². The van der Waals surface area contributed by atoms with Crippen LogP contribution < -0.4 is 21.3 Å². The number of hydrogen-bond acceptors (Lipinski definition) is 4. The molecule has 0 bridgehead atoms. The summed E-state index contributed by atoms with van der Waals surface area (Å²) in [6.07, 6.45) is 3.38. The zero-order chi connectivity index (χ0) is 24.9. The van der Waals surface area contributed by atoms with Gasteiger partial charge in [0.2, 0.25) is 17.7 Å². The Balaban J connectivity index is 3.06. The van der Waals surface area contributed by atoms with Gasteiger partial charge in [-0.1, -0.05) is 20.3 Å². The van der Waals surface area contributed by atoms with Crippen molar-refractivity contribution >= 4 is 29.1 Å². The molecule has 0 radical (unpaired) electrons. The largest absolute Gasteiger partial charge is 0.399 e. The number of likely N-dealkylation sites (N-methyl/N-ethyl adjacent to an activating group) is 1. The molecule has 0 fully saturated rings. The quantitative estimate of drug-likeness (QED) is 0.212. The van der Waals surface area contributed by atoms with Crippen LogP contribution in [0.5, 0.6) is 0 Å². The van der Waals surface area contributed by atoms with Crippen LogP contribution in [-0.4, -0.2) is 68.5 Å². The molecule has 4 N–H and O–H groups in total. The van der Waals surface area contributed by atoms with Gasteiger partial charge < -0.3 is 25.8 Å². The van der Waals surface area contributed by atoms with Crippen molar-refractivity contribution < 1.29 is 18.9 Å². The van der Waals surface area contributed by atoms with E-state index in [1.165, 1.54) is 13.8 Å². The molecule has 2 unspecified atom stereocenters. The van der Waals surface area contributed by atoms with Crippen molar-refractivity contribution in [3.05, 3.63) is 24.3 Å². The number of hydrogen-bond donors (Lipinski definition) is 3. The van der Waals surface area contributed by atoms with E-state index in [1.807, 2.05) is 29.2 Å². The SMILES string of the molecule is CCCC(C[N+](C)(CCCNC(C)=O)CCNC(C)=O)C(=O)N(CCC)c1ccc(N)cc1. The summed E-state index contributed by atoms with van der Waals surface area (Å²) in [7, 11) is 2.14. The van der Waals surface area contributed by atoms with Crippen LogP contribution in [0.4, 0.5) is 11.4 Å². The third-order valence-corrected chi connectivity index (χ3v) is 5.84. The maximum absolute atomic E-state index is 13.7. The molecule has 8 nitrogen and oxygen atoms in total. The highest BCUT2D eigenvalue weighted by Crippen LogP contribution is 2.23. The molecular weight excluding hydrogens is 418 g/mol. The standard InChI is InChI=1S/C25H43N5O3/c1-6-9-22(25(33)29(16-7-2)24-12-10-23(26)11-13-24)19-30(5,18-15-28-21(4)32)17-8-14-27-20(3)31/h10-13,22H,6-9,14-19,26H2,1-5H3,(H-,27,28,31,32)/p+1. The first-order chi connectivity index (χ1) is 15.6. The number of nitrogens with one attached hydrogen (secondary N) is 2. The fraction of sp³-hybridized carbons (Fsp3) is 0.640. The summed E-state index contributed by atoms with van der Waals surface area (Å²) in [6, 6.07) is 7.47. The molecule has 0 saturated carbocycles. The number of rotatable bonds is 15. The Hall–Kier alpha value is -2.61. The fourth-order valence-corrected chi connectivity index (χ4v) is 4.16. The smallest absolute Gasteiger partial charge is 0.235 e. The van der Waals surface area contributed by atoms with Gasteiger partial charge in [0.05, 0.1) is 39.1 Å². The van der Waals surface area contributed by atoms with Gasteiger partial charge in [0.15, 0.2) is 0 Å². The summed E-state index contributed by atoms with van der Waals surface area (Å²) in [6.45, 7) is 11.2. The highest BCUT2D eigenvalue weighted by molar-refractivity contribution is 5.95. The highest BCUT2D eigenvalue weighted by Gasteiger charge is 2.33. The Labute approximate surface area is 199 Å². The maximum atomic E-state index is 13.7. The summed E-state index contributed by atoms with van der Waals surface area (Å²) in [4.78, 5) is 38.3. The highest BCUT2D eigenvalue weighted by atomic mass is 16.2. The second kappa shape index (κ2) is 14.5. The lowest BCUT2D eigenvalue weighted by atomic mass is 9.99. The molecule has 8 heteroatoms. The number of anilines is 2. The van der Waals surface area contributed by atoms with Crippen molar-refractivity contribution in [2.24, 2.45) is 5.92 Å². The van der Waals surface area contributed by atoms with Gasteiger partial charge in [-0.05, 0) is 37.1 Å². The van der Waals surface area contributed by atoms with Crippen molar-refractivity contribution in [2.45, 2.75) is 53.4 Å². The molecule has 0 aliphatic heterocycles. The van der Waals surface area contributed by atoms with Crippen molar-refractivity contribution in [3.63, 3.8) is 0 Å². The number of benzene rings is 1. The van der Waals surface area contributed by atoms with E-state index in [0.29, 0.717) is 36.3 Å². The average Bonchev–Trinajstić information content (AvgIpc) is 2.75. The second-order valence-corrected chi connectivity index (χ2v) is 9.14. The van der Waals surface area contributed by atoms with E-state index < -0.39 is 0 Å². The van der Waals surface area contributed by atoms with Crippen molar-refractivity contribution in [3.8, 4) is 0 Å². The van der Waals surface area contributed by atoms with Crippen molar-refractivity contribution in [2.75, 3.05) is 56.9 Å². The summed E-state index contributed by atoms with van der Waals surface area (Å²) in [5, 5.41) is 5.74. The van der Waals surface area contributed by atoms with Crippen molar-refractivity contribution in [1.29, 1.82) is 0 Å². The predicted molar refractivity (Wildman–Crippen MR) is 135 cm³/mol. The molecule has 3 amide bonds. The Morgan fingerprint density at radius 2 is 1.58 bits per heavy atom. The lowest BCUT2D eigenvalue weighted by molar-refractivity contribution is -0.910. The van der Waals surface area contributed by atoms with Gasteiger partial charge in [-0.15, -0.1) is 0 Å². The summed E-state index contributed by atoms with van der Waals surface area (Å²) >= 11 is 0. The van der Waals surface area contributed by atoms with Gasteiger partial charge >= 0.3 is 0 Å². The molecule has 1 aromatic rings. The lowest BCUT2D eigenvalue weighted by Crippen LogP contribution is -2.54. The first-order valence-electron chi connectivity index (χ1n) is 12.1. The first-order valence-corrected chi connectivity index (χ1v) is 12.1. The zero-order valence-corrected chi connectivity index (χ0v) is 21.2. The first kappa shape index (κ1) is 28.4. The lowest BCUT2D eigenvalue weighted by Gasteiger charge is -2.38. The second-order valence-electron chi connectivity index (χ2n) is 9.14. The van der Waals surface area contributed by atoms with E-state index >= 15 is 0 Å². The minimum atomic E-state index is -0.137. The molecule has 1 rings (SSSR count). The van der Waals surface area contributed by atoms with Crippen LogP contribution in [0, 0.1) is 5.92 Å². The molecule has 0 aliphatic rings. The van der Waals surface area contributed by atoms with E-state index in [-0.39, 0.29) is 23.6 Å². The minimum absolute atomic E-state index is 0.0415. The van der Waals surface area contributed by atoms with E-state index in [2.05, 4.69) is 31.5 Å². The molecule has 186 valence electrons. The van der Waals surface area contributed by atoms with Crippen LogP contribution >= 0.6 is 0 Å². The van der Waals surface area contributed by atoms with Crippen LogP contribution in [-0.2, 0) is 14.4 Å². The van der Waals surface area contributed by atoms with Crippen LogP contribution in [0.15, 0.2) is 24.3 Å².